The third kappa shape index (κ3) is 26.2. The third-order valence-corrected chi connectivity index (χ3v) is 9.06. The molecule has 0 unspecified atom stereocenters. The molecule has 0 aliphatic carbocycles. The van der Waals surface area contributed by atoms with E-state index in [1.54, 1.807) is 0 Å². The largest absolute Gasteiger partial charge is 0.298 e. The van der Waals surface area contributed by atoms with Gasteiger partial charge in [0.25, 0.3) is 0 Å². The Hall–Kier alpha value is -0.0400. The van der Waals surface area contributed by atoms with E-state index in [-0.39, 0.29) is 0 Å². The quantitative estimate of drug-likeness (QED) is 0.0774. The summed E-state index contributed by atoms with van der Waals surface area (Å²) >= 11 is 0. The molecule has 0 radical (unpaired) electrons. The molecule has 1 heteroatoms. The lowest BCUT2D eigenvalue weighted by atomic mass is 9.92. The number of hydrogen-bond donors (Lipinski definition) is 0. The van der Waals surface area contributed by atoms with Crippen molar-refractivity contribution in [2.45, 2.75) is 226 Å². The topological polar surface area (TPSA) is 3.24 Å². The van der Waals surface area contributed by atoms with Crippen LogP contribution in [-0.2, 0) is 0 Å². The van der Waals surface area contributed by atoms with E-state index in [0.717, 1.165) is 0 Å². The minimum Gasteiger partial charge on any atom is -0.298 e. The van der Waals surface area contributed by atoms with Crippen molar-refractivity contribution in [1.82, 2.24) is 4.90 Å². The Morgan fingerprint density at radius 1 is 0.316 bits per heavy atom. The van der Waals surface area contributed by atoms with Gasteiger partial charge in [-0.2, -0.15) is 0 Å². The van der Waals surface area contributed by atoms with Gasteiger partial charge in [0, 0.05) is 5.54 Å². The summed E-state index contributed by atoms with van der Waals surface area (Å²) in [6.45, 7) is 14.7. The second-order valence-corrected chi connectivity index (χ2v) is 13.4. The Labute approximate surface area is 244 Å². The monoisotopic (exact) mass is 536 g/mol. The van der Waals surface area contributed by atoms with Crippen molar-refractivity contribution >= 4 is 0 Å². The number of rotatable bonds is 32. The van der Waals surface area contributed by atoms with Crippen LogP contribution < -0.4 is 0 Å². The molecule has 0 rings (SSSR count). The minimum absolute atomic E-state index is 0.376. The molecular formula is C37H77N. The first-order valence-electron chi connectivity index (χ1n) is 18.3. The summed E-state index contributed by atoms with van der Waals surface area (Å²) in [7, 11) is 0. The first-order chi connectivity index (χ1) is 18.6. The second-order valence-electron chi connectivity index (χ2n) is 13.4. The third-order valence-electron chi connectivity index (χ3n) is 9.06. The second kappa shape index (κ2) is 29.9. The first-order valence-corrected chi connectivity index (χ1v) is 18.3. The normalized spacial score (nSPS) is 12.2. The molecule has 0 amide bonds. The van der Waals surface area contributed by atoms with Crippen molar-refractivity contribution in [1.29, 1.82) is 0 Å². The maximum Gasteiger partial charge on any atom is 0.0153 e. The summed E-state index contributed by atoms with van der Waals surface area (Å²) in [5.41, 5.74) is 0.376. The van der Waals surface area contributed by atoms with Crippen LogP contribution in [0.15, 0.2) is 0 Å². The summed E-state index contributed by atoms with van der Waals surface area (Å²) in [5, 5.41) is 0. The van der Waals surface area contributed by atoms with Crippen molar-refractivity contribution in [3.8, 4) is 0 Å². The fourth-order valence-corrected chi connectivity index (χ4v) is 6.15. The average molecular weight is 536 g/mol. The Kier molecular flexibility index (Phi) is 29.9. The highest BCUT2D eigenvalue weighted by Gasteiger charge is 2.25. The van der Waals surface area contributed by atoms with Crippen LogP contribution in [0, 0.1) is 0 Å². The molecule has 0 saturated carbocycles. The van der Waals surface area contributed by atoms with E-state index < -0.39 is 0 Å². The van der Waals surface area contributed by atoms with Gasteiger partial charge in [0.15, 0.2) is 0 Å². The molecule has 0 N–H and O–H groups in total. The smallest absolute Gasteiger partial charge is 0.0153 e. The van der Waals surface area contributed by atoms with Crippen LogP contribution in [0.3, 0.4) is 0 Å². The van der Waals surface area contributed by atoms with Gasteiger partial charge in [-0.3, -0.25) is 4.90 Å². The van der Waals surface area contributed by atoms with Gasteiger partial charge in [0.1, 0.15) is 0 Å². The molecule has 0 aromatic heterocycles. The Balaban J connectivity index is 4.16. The number of hydrogen-bond acceptors (Lipinski definition) is 1. The van der Waals surface area contributed by atoms with Gasteiger partial charge in [-0.25, -0.2) is 0 Å². The maximum atomic E-state index is 2.90. The predicted molar refractivity (Wildman–Crippen MR) is 177 cm³/mol. The highest BCUT2D eigenvalue weighted by atomic mass is 15.2. The van der Waals surface area contributed by atoms with E-state index in [2.05, 4.69) is 39.5 Å². The molecule has 0 atom stereocenters. The Bertz CT molecular complexity index is 408. The van der Waals surface area contributed by atoms with Crippen LogP contribution in [0.1, 0.15) is 221 Å². The lowest BCUT2D eigenvalue weighted by Gasteiger charge is -2.39. The zero-order chi connectivity index (χ0) is 28.0. The molecule has 0 saturated heterocycles. The average Bonchev–Trinajstić information content (AvgIpc) is 2.91. The van der Waals surface area contributed by atoms with E-state index in [4.69, 9.17) is 0 Å². The van der Waals surface area contributed by atoms with Crippen LogP contribution in [0.25, 0.3) is 0 Å². The van der Waals surface area contributed by atoms with Crippen LogP contribution in [-0.4, -0.2) is 23.5 Å². The lowest BCUT2D eigenvalue weighted by molar-refractivity contribution is 0.102. The van der Waals surface area contributed by atoms with Crippen LogP contribution >= 0.6 is 0 Å². The van der Waals surface area contributed by atoms with Crippen molar-refractivity contribution in [2.75, 3.05) is 13.1 Å². The molecule has 0 bridgehead atoms. The molecule has 0 aromatic carbocycles. The van der Waals surface area contributed by atoms with Crippen molar-refractivity contribution in [2.24, 2.45) is 0 Å². The molecule has 38 heavy (non-hydrogen) atoms. The van der Waals surface area contributed by atoms with Crippen LogP contribution in [0.5, 0.6) is 0 Å². The van der Waals surface area contributed by atoms with Crippen LogP contribution in [0.4, 0.5) is 0 Å². The zero-order valence-corrected chi connectivity index (χ0v) is 27.9. The van der Waals surface area contributed by atoms with Gasteiger partial charge < -0.3 is 0 Å². The molecule has 0 aromatic rings. The van der Waals surface area contributed by atoms with Gasteiger partial charge in [-0.1, -0.05) is 188 Å². The molecule has 1 nitrogen and oxygen atoms in total. The van der Waals surface area contributed by atoms with Gasteiger partial charge in [0.05, 0.1) is 0 Å². The van der Waals surface area contributed by atoms with E-state index in [1.807, 2.05) is 0 Å². The summed E-state index contributed by atoms with van der Waals surface area (Å²) in [6, 6.07) is 0. The van der Waals surface area contributed by atoms with Crippen LogP contribution in [0.2, 0.25) is 0 Å². The highest BCUT2D eigenvalue weighted by Crippen LogP contribution is 2.25. The van der Waals surface area contributed by atoms with Gasteiger partial charge >= 0.3 is 0 Å². The SMILES string of the molecule is CCCCCCCCCCCCCCC(C)(C)N(CCCCCCCCCC)CCCCCCCCCC. The minimum atomic E-state index is 0.376. The predicted octanol–water partition coefficient (Wildman–Crippen LogP) is 13.4. The van der Waals surface area contributed by atoms with Gasteiger partial charge in [0.2, 0.25) is 0 Å². The maximum absolute atomic E-state index is 2.90. The zero-order valence-electron chi connectivity index (χ0n) is 27.9. The lowest BCUT2D eigenvalue weighted by Crippen LogP contribution is -2.45. The van der Waals surface area contributed by atoms with Crippen molar-refractivity contribution in [3.05, 3.63) is 0 Å². The molecule has 0 aliphatic rings. The fraction of sp³-hybridized carbons (Fsp3) is 1.00. The summed E-state index contributed by atoms with van der Waals surface area (Å²) in [6.07, 6.45) is 41.7. The Morgan fingerprint density at radius 3 is 0.842 bits per heavy atom. The van der Waals surface area contributed by atoms with E-state index in [0.29, 0.717) is 5.54 Å². The summed E-state index contributed by atoms with van der Waals surface area (Å²) < 4.78 is 0. The summed E-state index contributed by atoms with van der Waals surface area (Å²) in [5.74, 6) is 0. The standard InChI is InChI=1S/C37H77N/c1-6-9-12-15-18-21-22-23-24-25-28-31-34-37(4,5)38(35-32-29-26-19-16-13-10-7-2)36-33-30-27-20-17-14-11-8-3/h6-36H2,1-5H3. The van der Waals surface area contributed by atoms with Gasteiger partial charge in [-0.15, -0.1) is 0 Å². The number of unbranched alkanes of at least 4 members (excludes halogenated alkanes) is 25. The number of nitrogens with zero attached hydrogens (tertiary/aromatic N) is 1. The highest BCUT2D eigenvalue weighted by molar-refractivity contribution is 4.81. The van der Waals surface area contributed by atoms with Crippen molar-refractivity contribution in [3.63, 3.8) is 0 Å². The van der Waals surface area contributed by atoms with E-state index >= 15 is 0 Å². The molecule has 0 fully saturated rings. The van der Waals surface area contributed by atoms with E-state index in [9.17, 15) is 0 Å². The molecule has 0 spiro atoms. The van der Waals surface area contributed by atoms with Gasteiger partial charge in [-0.05, 0) is 46.2 Å². The molecular weight excluding hydrogens is 458 g/mol. The molecule has 0 aliphatic heterocycles. The van der Waals surface area contributed by atoms with Crippen molar-refractivity contribution < 1.29 is 0 Å². The Morgan fingerprint density at radius 2 is 0.553 bits per heavy atom. The van der Waals surface area contributed by atoms with E-state index in [1.165, 1.54) is 199 Å². The molecule has 230 valence electrons. The molecule has 0 heterocycles. The summed E-state index contributed by atoms with van der Waals surface area (Å²) in [4.78, 5) is 2.90. The first kappa shape index (κ1) is 38.0. The fourth-order valence-electron chi connectivity index (χ4n) is 6.15.